The highest BCUT2D eigenvalue weighted by atomic mass is 32.1. The van der Waals surface area contributed by atoms with Crippen LogP contribution < -0.4 is 5.73 Å². The van der Waals surface area contributed by atoms with Gasteiger partial charge in [0.15, 0.2) is 0 Å². The normalized spacial score (nSPS) is 11.6. The van der Waals surface area contributed by atoms with E-state index in [1.807, 2.05) is 19.1 Å². The van der Waals surface area contributed by atoms with Crippen LogP contribution in [-0.2, 0) is 0 Å². The first-order valence-electron chi connectivity index (χ1n) is 4.64. The van der Waals surface area contributed by atoms with Crippen molar-refractivity contribution in [2.75, 3.05) is 5.73 Å². The molecule has 0 saturated carbocycles. The standard InChI is InChI=1S/C12H13NS/c1-3-5-9-8(2)14-12-10(9)6-4-7-11(12)13/h3-7H,13H2,1-2H3/b5-3-. The molecule has 2 aromatic rings. The summed E-state index contributed by atoms with van der Waals surface area (Å²) in [6.45, 7) is 4.18. The lowest BCUT2D eigenvalue weighted by atomic mass is 10.1. The van der Waals surface area contributed by atoms with Crippen molar-refractivity contribution >= 4 is 33.2 Å². The fourth-order valence-corrected chi connectivity index (χ4v) is 2.72. The van der Waals surface area contributed by atoms with Crippen LogP contribution in [0.3, 0.4) is 0 Å². The van der Waals surface area contributed by atoms with E-state index in [1.54, 1.807) is 11.3 Å². The number of hydrogen-bond acceptors (Lipinski definition) is 2. The quantitative estimate of drug-likeness (QED) is 0.700. The van der Waals surface area contributed by atoms with Crippen LogP contribution in [-0.4, -0.2) is 0 Å². The third-order valence-corrected chi connectivity index (χ3v) is 3.49. The predicted molar refractivity (Wildman–Crippen MR) is 65.7 cm³/mol. The number of hydrogen-bond donors (Lipinski definition) is 1. The molecule has 0 aliphatic rings. The summed E-state index contributed by atoms with van der Waals surface area (Å²) < 4.78 is 1.21. The number of allylic oxidation sites excluding steroid dienone is 1. The van der Waals surface area contributed by atoms with E-state index in [9.17, 15) is 0 Å². The molecule has 2 rings (SSSR count). The van der Waals surface area contributed by atoms with Crippen LogP contribution in [0.4, 0.5) is 5.69 Å². The van der Waals surface area contributed by atoms with E-state index in [0.717, 1.165) is 5.69 Å². The molecule has 0 amide bonds. The summed E-state index contributed by atoms with van der Waals surface area (Å²) in [5, 5.41) is 1.27. The zero-order chi connectivity index (χ0) is 10.1. The molecule has 72 valence electrons. The number of aryl methyl sites for hydroxylation is 1. The molecule has 0 aliphatic carbocycles. The average Bonchev–Trinajstić information content (AvgIpc) is 2.47. The Balaban J connectivity index is 2.83. The van der Waals surface area contributed by atoms with E-state index in [4.69, 9.17) is 5.73 Å². The highest BCUT2D eigenvalue weighted by Crippen LogP contribution is 2.35. The van der Waals surface area contributed by atoms with Gasteiger partial charge in [0.1, 0.15) is 0 Å². The molecule has 0 unspecified atom stereocenters. The number of anilines is 1. The van der Waals surface area contributed by atoms with Gasteiger partial charge in [-0.15, -0.1) is 11.3 Å². The van der Waals surface area contributed by atoms with Gasteiger partial charge < -0.3 is 5.73 Å². The van der Waals surface area contributed by atoms with E-state index in [0.29, 0.717) is 0 Å². The first-order chi connectivity index (χ1) is 6.74. The van der Waals surface area contributed by atoms with Crippen LogP contribution >= 0.6 is 11.3 Å². The molecule has 1 heterocycles. The largest absolute Gasteiger partial charge is 0.398 e. The third-order valence-electron chi connectivity index (χ3n) is 2.30. The third kappa shape index (κ3) is 1.32. The summed E-state index contributed by atoms with van der Waals surface area (Å²) in [4.78, 5) is 1.33. The van der Waals surface area contributed by atoms with Crippen LogP contribution in [0.25, 0.3) is 16.2 Å². The van der Waals surface area contributed by atoms with Crippen molar-refractivity contribution in [2.45, 2.75) is 13.8 Å². The summed E-state index contributed by atoms with van der Waals surface area (Å²) in [6, 6.07) is 6.10. The van der Waals surface area contributed by atoms with E-state index in [1.165, 1.54) is 20.5 Å². The van der Waals surface area contributed by atoms with Gasteiger partial charge in [-0.05, 0) is 25.5 Å². The number of benzene rings is 1. The Morgan fingerprint density at radius 2 is 2.14 bits per heavy atom. The molecule has 1 aromatic carbocycles. The van der Waals surface area contributed by atoms with Crippen molar-refractivity contribution < 1.29 is 0 Å². The number of rotatable bonds is 1. The first kappa shape index (κ1) is 9.28. The van der Waals surface area contributed by atoms with Gasteiger partial charge >= 0.3 is 0 Å². The molecule has 2 N–H and O–H groups in total. The maximum absolute atomic E-state index is 5.92. The van der Waals surface area contributed by atoms with Crippen molar-refractivity contribution in [3.8, 4) is 0 Å². The molecule has 0 fully saturated rings. The van der Waals surface area contributed by atoms with Crippen LogP contribution in [0, 0.1) is 6.92 Å². The molecule has 2 heteroatoms. The molecule has 0 aliphatic heterocycles. The summed E-state index contributed by atoms with van der Waals surface area (Å²) in [7, 11) is 0. The fourth-order valence-electron chi connectivity index (χ4n) is 1.65. The number of thiophene rings is 1. The molecular formula is C12H13NS. The monoisotopic (exact) mass is 203 g/mol. The van der Waals surface area contributed by atoms with Gasteiger partial charge in [-0.3, -0.25) is 0 Å². The summed E-state index contributed by atoms with van der Waals surface area (Å²) >= 11 is 1.77. The van der Waals surface area contributed by atoms with Crippen LogP contribution in [0.1, 0.15) is 17.4 Å². The Labute approximate surface area is 87.9 Å². The molecule has 0 radical (unpaired) electrons. The highest BCUT2D eigenvalue weighted by molar-refractivity contribution is 7.20. The van der Waals surface area contributed by atoms with E-state index in [2.05, 4.69) is 25.1 Å². The van der Waals surface area contributed by atoms with E-state index in [-0.39, 0.29) is 0 Å². The molecule has 0 atom stereocenters. The van der Waals surface area contributed by atoms with Gasteiger partial charge in [0.05, 0.1) is 4.70 Å². The highest BCUT2D eigenvalue weighted by Gasteiger charge is 2.07. The lowest BCUT2D eigenvalue weighted by Gasteiger charge is -1.95. The van der Waals surface area contributed by atoms with E-state index < -0.39 is 0 Å². The average molecular weight is 203 g/mol. The Morgan fingerprint density at radius 3 is 2.86 bits per heavy atom. The minimum Gasteiger partial charge on any atom is -0.398 e. The lowest BCUT2D eigenvalue weighted by molar-refractivity contribution is 1.61. The molecule has 0 spiro atoms. The number of nitrogens with two attached hydrogens (primary N) is 1. The lowest BCUT2D eigenvalue weighted by Crippen LogP contribution is -1.82. The number of fused-ring (bicyclic) bond motifs is 1. The van der Waals surface area contributed by atoms with Crippen molar-refractivity contribution in [3.63, 3.8) is 0 Å². The molecule has 14 heavy (non-hydrogen) atoms. The van der Waals surface area contributed by atoms with E-state index >= 15 is 0 Å². The van der Waals surface area contributed by atoms with Crippen LogP contribution in [0.2, 0.25) is 0 Å². The maximum atomic E-state index is 5.92. The summed E-state index contributed by atoms with van der Waals surface area (Å²) in [5.74, 6) is 0. The second kappa shape index (κ2) is 3.46. The Bertz CT molecular complexity index is 494. The SMILES string of the molecule is C/C=C\c1c(C)sc2c(N)cccc12. The minimum absolute atomic E-state index is 0.881. The van der Waals surface area contributed by atoms with Crippen molar-refractivity contribution in [3.05, 3.63) is 34.7 Å². The zero-order valence-corrected chi connectivity index (χ0v) is 9.19. The Morgan fingerprint density at radius 1 is 1.36 bits per heavy atom. The van der Waals surface area contributed by atoms with Gasteiger partial charge in [-0.25, -0.2) is 0 Å². The second-order valence-electron chi connectivity index (χ2n) is 3.30. The maximum Gasteiger partial charge on any atom is 0.0581 e. The molecule has 0 bridgehead atoms. The molecule has 1 nitrogen and oxygen atoms in total. The first-order valence-corrected chi connectivity index (χ1v) is 5.46. The van der Waals surface area contributed by atoms with Crippen LogP contribution in [0.15, 0.2) is 24.3 Å². The van der Waals surface area contributed by atoms with Gasteiger partial charge in [0.25, 0.3) is 0 Å². The predicted octanol–water partition coefficient (Wildman–Crippen LogP) is 3.83. The topological polar surface area (TPSA) is 26.0 Å². The minimum atomic E-state index is 0.881. The Hall–Kier alpha value is -1.28. The second-order valence-corrected chi connectivity index (χ2v) is 4.52. The van der Waals surface area contributed by atoms with Crippen molar-refractivity contribution in [1.82, 2.24) is 0 Å². The van der Waals surface area contributed by atoms with Gasteiger partial charge in [0.2, 0.25) is 0 Å². The van der Waals surface area contributed by atoms with Crippen molar-refractivity contribution in [2.24, 2.45) is 0 Å². The zero-order valence-electron chi connectivity index (χ0n) is 8.37. The van der Waals surface area contributed by atoms with Gasteiger partial charge in [-0.1, -0.05) is 24.3 Å². The molecular weight excluding hydrogens is 190 g/mol. The van der Waals surface area contributed by atoms with Crippen LogP contribution in [0.5, 0.6) is 0 Å². The summed E-state index contributed by atoms with van der Waals surface area (Å²) in [5.41, 5.74) is 8.11. The number of nitrogen functional groups attached to an aromatic ring is 1. The smallest absolute Gasteiger partial charge is 0.0581 e. The molecule has 0 saturated heterocycles. The molecule has 1 aromatic heterocycles. The summed E-state index contributed by atoms with van der Waals surface area (Å²) in [6.07, 6.45) is 4.21. The van der Waals surface area contributed by atoms with Gasteiger partial charge in [-0.2, -0.15) is 0 Å². The van der Waals surface area contributed by atoms with Crippen molar-refractivity contribution in [1.29, 1.82) is 0 Å². The fraction of sp³-hybridized carbons (Fsp3) is 0.167. The Kier molecular flexibility index (Phi) is 2.30. The van der Waals surface area contributed by atoms with Gasteiger partial charge in [0, 0.05) is 16.0 Å².